The second-order valence-corrected chi connectivity index (χ2v) is 8.59. The SMILES string of the molecule is CNCC(O)C(O)C(O)C(O)CO.Cc1c(CC(C)C)sc2nc(C(=O)O)[nH]c(=O)c12. The lowest BCUT2D eigenvalue weighted by molar-refractivity contribution is -0.113. The van der Waals surface area contributed by atoms with Gasteiger partial charge in [0.05, 0.1) is 18.1 Å². The van der Waals surface area contributed by atoms with E-state index in [2.05, 4.69) is 29.1 Å². The fourth-order valence-corrected chi connectivity index (χ4v) is 4.14. The fraction of sp³-hybridized carbons (Fsp3) is 0.632. The Balaban J connectivity index is 0.000000330. The van der Waals surface area contributed by atoms with Gasteiger partial charge in [-0.05, 0) is 31.9 Å². The van der Waals surface area contributed by atoms with Crippen LogP contribution < -0.4 is 10.9 Å². The van der Waals surface area contributed by atoms with Gasteiger partial charge in [-0.3, -0.25) is 4.79 Å². The first-order chi connectivity index (χ1) is 14.4. The number of aromatic amines is 1. The molecule has 8 N–H and O–H groups in total. The molecule has 2 rings (SSSR count). The molecule has 0 aliphatic heterocycles. The van der Waals surface area contributed by atoms with Crippen molar-refractivity contribution in [1.29, 1.82) is 0 Å². The highest BCUT2D eigenvalue weighted by atomic mass is 32.1. The van der Waals surface area contributed by atoms with Crippen molar-refractivity contribution in [2.45, 2.75) is 51.6 Å². The Labute approximate surface area is 183 Å². The summed E-state index contributed by atoms with van der Waals surface area (Å²) in [6.45, 7) is 5.52. The maximum absolute atomic E-state index is 11.9. The third-order valence-corrected chi connectivity index (χ3v) is 5.64. The number of aryl methyl sites for hydroxylation is 1. The number of aromatic nitrogens is 2. The first-order valence-electron chi connectivity index (χ1n) is 9.67. The van der Waals surface area contributed by atoms with E-state index in [0.29, 0.717) is 16.1 Å². The summed E-state index contributed by atoms with van der Waals surface area (Å²) < 4.78 is 0. The number of hydrogen-bond donors (Lipinski definition) is 8. The van der Waals surface area contributed by atoms with Crippen molar-refractivity contribution in [3.8, 4) is 0 Å². The van der Waals surface area contributed by atoms with E-state index >= 15 is 0 Å². The smallest absolute Gasteiger partial charge is 0.372 e. The van der Waals surface area contributed by atoms with Crippen LogP contribution in [0, 0.1) is 12.8 Å². The molecule has 12 heteroatoms. The van der Waals surface area contributed by atoms with Crippen LogP contribution in [-0.4, -0.2) is 91.2 Å². The maximum atomic E-state index is 11.9. The molecule has 0 fully saturated rings. The fourth-order valence-electron chi connectivity index (χ4n) is 2.75. The van der Waals surface area contributed by atoms with Crippen LogP contribution in [0.1, 0.15) is 34.9 Å². The maximum Gasteiger partial charge on any atom is 0.372 e. The number of carboxylic acid groups (broad SMARTS) is 1. The summed E-state index contributed by atoms with van der Waals surface area (Å²) in [4.78, 5) is 30.6. The van der Waals surface area contributed by atoms with E-state index < -0.39 is 37.0 Å². The Kier molecular flexibility index (Phi) is 10.7. The largest absolute Gasteiger partial charge is 0.475 e. The minimum absolute atomic E-state index is 0.0936. The molecule has 0 aliphatic carbocycles. The zero-order valence-corrected chi connectivity index (χ0v) is 18.7. The van der Waals surface area contributed by atoms with Gasteiger partial charge in [-0.2, -0.15) is 0 Å². The summed E-state index contributed by atoms with van der Waals surface area (Å²) >= 11 is 1.40. The molecule has 176 valence electrons. The van der Waals surface area contributed by atoms with E-state index in [0.717, 1.165) is 16.9 Å². The number of H-pyrrole nitrogens is 1. The van der Waals surface area contributed by atoms with Crippen molar-refractivity contribution in [3.05, 3.63) is 26.6 Å². The van der Waals surface area contributed by atoms with Crippen molar-refractivity contribution in [2.75, 3.05) is 20.2 Å². The number of carboxylic acids is 1. The standard InChI is InChI=1S/C12H14N2O3S.C7H17NO5/c1-5(2)4-7-6(3)8-10(15)13-9(12(16)17)14-11(8)18-7;1-8-2-4(10)6(12)7(13)5(11)3-9/h5H,4H2,1-3H3,(H,16,17)(H,13,14,15);4-13H,2-3H2,1H3. The number of likely N-dealkylation sites (N-methyl/N-ethyl adjacent to an activating group) is 1. The zero-order chi connectivity index (χ0) is 23.9. The van der Waals surface area contributed by atoms with Gasteiger partial charge >= 0.3 is 5.97 Å². The van der Waals surface area contributed by atoms with Crippen molar-refractivity contribution in [1.82, 2.24) is 15.3 Å². The molecule has 0 saturated carbocycles. The van der Waals surface area contributed by atoms with Gasteiger partial charge in [0.15, 0.2) is 0 Å². The highest BCUT2D eigenvalue weighted by Gasteiger charge is 2.29. The number of aliphatic hydroxyl groups excluding tert-OH is 5. The van der Waals surface area contributed by atoms with Crippen molar-refractivity contribution in [3.63, 3.8) is 0 Å². The number of fused-ring (bicyclic) bond motifs is 1. The Morgan fingerprint density at radius 1 is 1.16 bits per heavy atom. The van der Waals surface area contributed by atoms with E-state index in [1.165, 1.54) is 11.3 Å². The molecule has 0 radical (unpaired) electrons. The molecule has 2 aromatic rings. The second-order valence-electron chi connectivity index (χ2n) is 7.50. The number of rotatable bonds is 9. The molecule has 0 bridgehead atoms. The molecule has 11 nitrogen and oxygen atoms in total. The lowest BCUT2D eigenvalue weighted by Gasteiger charge is -2.25. The number of carbonyl (C=O) groups is 1. The Morgan fingerprint density at radius 2 is 1.74 bits per heavy atom. The molecule has 0 aromatic carbocycles. The van der Waals surface area contributed by atoms with Gasteiger partial charge in [-0.1, -0.05) is 13.8 Å². The van der Waals surface area contributed by atoms with Crippen LogP contribution in [0.15, 0.2) is 4.79 Å². The number of thiophene rings is 1. The van der Waals surface area contributed by atoms with Crippen LogP contribution in [0.25, 0.3) is 10.2 Å². The molecule has 4 unspecified atom stereocenters. The predicted octanol–water partition coefficient (Wildman–Crippen LogP) is -1.17. The average Bonchev–Trinajstić information content (AvgIpc) is 3.01. The molecular formula is C19H31N3O8S. The average molecular weight is 462 g/mol. The first-order valence-corrected chi connectivity index (χ1v) is 10.5. The van der Waals surface area contributed by atoms with Gasteiger partial charge in [0.1, 0.15) is 23.1 Å². The normalized spacial score (nSPS) is 15.3. The highest BCUT2D eigenvalue weighted by molar-refractivity contribution is 7.18. The molecule has 2 heterocycles. The lowest BCUT2D eigenvalue weighted by Crippen LogP contribution is -2.48. The third kappa shape index (κ3) is 7.31. The summed E-state index contributed by atoms with van der Waals surface area (Å²) in [6, 6.07) is 0. The van der Waals surface area contributed by atoms with Crippen LogP contribution in [0.3, 0.4) is 0 Å². The van der Waals surface area contributed by atoms with Gasteiger partial charge in [0, 0.05) is 11.4 Å². The molecule has 0 amide bonds. The summed E-state index contributed by atoms with van der Waals surface area (Å²) in [5.41, 5.74) is 0.538. The monoisotopic (exact) mass is 461 g/mol. The van der Waals surface area contributed by atoms with Crippen LogP contribution in [-0.2, 0) is 6.42 Å². The number of nitrogens with one attached hydrogen (secondary N) is 2. The number of aromatic carboxylic acids is 1. The van der Waals surface area contributed by atoms with Crippen LogP contribution in [0.5, 0.6) is 0 Å². The van der Waals surface area contributed by atoms with Crippen LogP contribution >= 0.6 is 11.3 Å². The van der Waals surface area contributed by atoms with E-state index in [9.17, 15) is 14.7 Å². The molecule has 31 heavy (non-hydrogen) atoms. The van der Waals surface area contributed by atoms with Crippen molar-refractivity contribution < 1.29 is 35.4 Å². The Morgan fingerprint density at radius 3 is 2.23 bits per heavy atom. The molecule has 0 saturated heterocycles. The Bertz CT molecular complexity index is 913. The van der Waals surface area contributed by atoms with E-state index in [1.807, 2.05) is 6.92 Å². The summed E-state index contributed by atoms with van der Waals surface area (Å²) in [5.74, 6) is -1.04. The van der Waals surface area contributed by atoms with E-state index in [1.54, 1.807) is 7.05 Å². The predicted molar refractivity (Wildman–Crippen MR) is 116 cm³/mol. The highest BCUT2D eigenvalue weighted by Crippen LogP contribution is 2.28. The number of hydrogen-bond acceptors (Lipinski definition) is 10. The second kappa shape index (κ2) is 12.2. The van der Waals surface area contributed by atoms with Crippen molar-refractivity contribution >= 4 is 27.5 Å². The molecule has 0 aliphatic rings. The topological polar surface area (TPSA) is 196 Å². The third-order valence-electron chi connectivity index (χ3n) is 4.43. The van der Waals surface area contributed by atoms with Gasteiger partial charge in [0.25, 0.3) is 5.56 Å². The zero-order valence-electron chi connectivity index (χ0n) is 17.9. The molecular weight excluding hydrogens is 430 g/mol. The summed E-state index contributed by atoms with van der Waals surface area (Å²) in [7, 11) is 1.57. The van der Waals surface area contributed by atoms with Gasteiger partial charge in [0.2, 0.25) is 5.82 Å². The van der Waals surface area contributed by atoms with Crippen LogP contribution in [0.2, 0.25) is 0 Å². The number of nitrogens with zero attached hydrogens (tertiary/aromatic N) is 1. The van der Waals surface area contributed by atoms with Crippen LogP contribution in [0.4, 0.5) is 0 Å². The molecule has 2 aromatic heterocycles. The van der Waals surface area contributed by atoms with E-state index in [-0.39, 0.29) is 17.9 Å². The quantitative estimate of drug-likeness (QED) is 0.225. The van der Waals surface area contributed by atoms with Crippen molar-refractivity contribution in [2.24, 2.45) is 5.92 Å². The minimum Gasteiger partial charge on any atom is -0.475 e. The van der Waals surface area contributed by atoms with Gasteiger partial charge < -0.3 is 40.9 Å². The van der Waals surface area contributed by atoms with Gasteiger partial charge in [-0.15, -0.1) is 11.3 Å². The molecule has 4 atom stereocenters. The minimum atomic E-state index is -1.55. The molecule has 0 spiro atoms. The van der Waals surface area contributed by atoms with Gasteiger partial charge in [-0.25, -0.2) is 9.78 Å². The Hall–Kier alpha value is -1.93. The first kappa shape index (κ1) is 27.1. The lowest BCUT2D eigenvalue weighted by atomic mass is 10.0. The van der Waals surface area contributed by atoms with E-state index in [4.69, 9.17) is 25.5 Å². The summed E-state index contributed by atoms with van der Waals surface area (Å²) in [5, 5.41) is 56.9. The number of aliphatic hydroxyl groups is 5. The summed E-state index contributed by atoms with van der Waals surface area (Å²) in [6.07, 6.45) is -4.78.